The quantitative estimate of drug-likeness (QED) is 0.610. The molecule has 5 heteroatoms. The lowest BCUT2D eigenvalue weighted by Crippen LogP contribution is -2.29. The van der Waals surface area contributed by atoms with Gasteiger partial charge >= 0.3 is 0 Å². The minimum Gasteiger partial charge on any atom is -0.393 e. The molecule has 0 saturated heterocycles. The third kappa shape index (κ3) is 4.05. The Morgan fingerprint density at radius 1 is 1.07 bits per heavy atom. The van der Waals surface area contributed by atoms with E-state index in [4.69, 9.17) is 5.73 Å². The highest BCUT2D eigenvalue weighted by molar-refractivity contribution is 5.99. The van der Waals surface area contributed by atoms with Gasteiger partial charge in [0, 0.05) is 29.2 Å². The van der Waals surface area contributed by atoms with Crippen LogP contribution >= 0.6 is 0 Å². The fourth-order valence-corrected chi connectivity index (χ4v) is 4.14. The van der Waals surface area contributed by atoms with Crippen molar-refractivity contribution in [3.05, 3.63) is 71.9 Å². The number of anilines is 1. The molecule has 1 aliphatic rings. The minimum absolute atomic E-state index is 0.216. The van der Waals surface area contributed by atoms with Crippen molar-refractivity contribution < 1.29 is 9.90 Å². The number of nitrogens with one attached hydrogen (secondary N) is 1. The number of aliphatic hydroxyl groups excluding tert-OH is 1. The molecular formula is C24H27N3O2. The first-order chi connectivity index (χ1) is 14.0. The highest BCUT2D eigenvalue weighted by atomic mass is 16.3. The smallest absolute Gasteiger partial charge is 0.250 e. The number of nitrogens with two attached hydrogens (primary N) is 1. The number of amides is 1. The standard InChI is InChI=1S/C24H27N3O2/c1-16-5-2-3-6-20(16)23-7-4-14-27(23)18-10-13-21(24(25)29)22(15-18)26-17-8-11-19(28)12-9-17/h2-7,10,13-15,17,19,26,28H,8-9,11-12H2,1H3,(H2,25,29). The molecule has 4 rings (SSSR count). The van der Waals surface area contributed by atoms with E-state index in [0.29, 0.717) is 5.56 Å². The van der Waals surface area contributed by atoms with Gasteiger partial charge < -0.3 is 20.7 Å². The average molecular weight is 389 g/mol. The van der Waals surface area contributed by atoms with Crippen molar-refractivity contribution >= 4 is 11.6 Å². The molecule has 0 atom stereocenters. The molecule has 1 fully saturated rings. The molecule has 1 amide bonds. The summed E-state index contributed by atoms with van der Waals surface area (Å²) in [7, 11) is 0. The first-order valence-corrected chi connectivity index (χ1v) is 10.1. The number of aryl methyl sites for hydroxylation is 1. The number of benzene rings is 2. The lowest BCUT2D eigenvalue weighted by molar-refractivity contribution is 0.100. The molecule has 0 unspecified atom stereocenters. The number of rotatable bonds is 5. The molecule has 0 spiro atoms. The van der Waals surface area contributed by atoms with Crippen molar-refractivity contribution in [1.29, 1.82) is 0 Å². The number of nitrogens with zero attached hydrogens (tertiary/aromatic N) is 1. The second kappa shape index (κ2) is 8.13. The van der Waals surface area contributed by atoms with Crippen LogP contribution in [0.5, 0.6) is 0 Å². The van der Waals surface area contributed by atoms with Crippen LogP contribution in [0, 0.1) is 6.92 Å². The Balaban J connectivity index is 1.70. The molecule has 4 N–H and O–H groups in total. The van der Waals surface area contributed by atoms with Crippen LogP contribution in [0.4, 0.5) is 5.69 Å². The second-order valence-corrected chi connectivity index (χ2v) is 7.82. The van der Waals surface area contributed by atoms with Crippen LogP contribution in [0.3, 0.4) is 0 Å². The molecule has 1 heterocycles. The van der Waals surface area contributed by atoms with E-state index >= 15 is 0 Å². The van der Waals surface area contributed by atoms with Crippen LogP contribution in [0.1, 0.15) is 41.6 Å². The summed E-state index contributed by atoms with van der Waals surface area (Å²) < 4.78 is 2.13. The number of aromatic nitrogens is 1. The zero-order valence-electron chi connectivity index (χ0n) is 16.6. The molecule has 3 aromatic rings. The van der Waals surface area contributed by atoms with Gasteiger partial charge in [0.25, 0.3) is 5.91 Å². The number of aliphatic hydroxyl groups is 1. The lowest BCUT2D eigenvalue weighted by Gasteiger charge is -2.28. The van der Waals surface area contributed by atoms with Gasteiger partial charge in [-0.25, -0.2) is 0 Å². The fourth-order valence-electron chi connectivity index (χ4n) is 4.14. The lowest BCUT2D eigenvalue weighted by atomic mass is 9.92. The van der Waals surface area contributed by atoms with Gasteiger partial charge in [-0.1, -0.05) is 24.3 Å². The Morgan fingerprint density at radius 2 is 1.83 bits per heavy atom. The second-order valence-electron chi connectivity index (χ2n) is 7.82. The maximum Gasteiger partial charge on any atom is 0.250 e. The fraction of sp³-hybridized carbons (Fsp3) is 0.292. The van der Waals surface area contributed by atoms with Crippen LogP contribution in [0.2, 0.25) is 0 Å². The van der Waals surface area contributed by atoms with E-state index in [1.807, 2.05) is 36.5 Å². The number of hydrogen-bond acceptors (Lipinski definition) is 3. The summed E-state index contributed by atoms with van der Waals surface area (Å²) in [6.45, 7) is 2.10. The zero-order valence-corrected chi connectivity index (χ0v) is 16.6. The highest BCUT2D eigenvalue weighted by Gasteiger charge is 2.21. The Bertz CT molecular complexity index is 1020. The van der Waals surface area contributed by atoms with Gasteiger partial charge in [0.2, 0.25) is 0 Å². The molecule has 150 valence electrons. The van der Waals surface area contributed by atoms with Crippen molar-refractivity contribution in [3.63, 3.8) is 0 Å². The van der Waals surface area contributed by atoms with E-state index in [9.17, 15) is 9.90 Å². The van der Waals surface area contributed by atoms with Crippen molar-refractivity contribution in [2.75, 3.05) is 5.32 Å². The summed E-state index contributed by atoms with van der Waals surface area (Å²) in [5.41, 5.74) is 11.3. The molecule has 1 aromatic heterocycles. The first kappa shape index (κ1) is 19.3. The SMILES string of the molecule is Cc1ccccc1-c1cccn1-c1ccc(C(N)=O)c(NC2CCC(O)CC2)c1. The molecule has 0 radical (unpaired) electrons. The number of hydrogen-bond donors (Lipinski definition) is 3. The summed E-state index contributed by atoms with van der Waals surface area (Å²) >= 11 is 0. The summed E-state index contributed by atoms with van der Waals surface area (Å²) in [6, 6.07) is 18.4. The molecule has 2 aromatic carbocycles. The molecule has 0 bridgehead atoms. The van der Waals surface area contributed by atoms with Crippen molar-refractivity contribution in [2.45, 2.75) is 44.8 Å². The molecule has 1 aliphatic carbocycles. The molecular weight excluding hydrogens is 362 g/mol. The van der Waals surface area contributed by atoms with E-state index < -0.39 is 5.91 Å². The molecule has 29 heavy (non-hydrogen) atoms. The molecule has 5 nitrogen and oxygen atoms in total. The third-order valence-electron chi connectivity index (χ3n) is 5.77. The van der Waals surface area contributed by atoms with Gasteiger partial charge in [-0.15, -0.1) is 0 Å². The van der Waals surface area contributed by atoms with Crippen molar-refractivity contribution in [1.82, 2.24) is 4.57 Å². The topological polar surface area (TPSA) is 80.3 Å². The van der Waals surface area contributed by atoms with Crippen LogP contribution in [0.15, 0.2) is 60.8 Å². The Kier molecular flexibility index (Phi) is 5.41. The van der Waals surface area contributed by atoms with Gasteiger partial charge in [0.15, 0.2) is 0 Å². The first-order valence-electron chi connectivity index (χ1n) is 10.1. The molecule has 0 aliphatic heterocycles. The number of primary amides is 1. The maximum absolute atomic E-state index is 12.0. The van der Waals surface area contributed by atoms with Gasteiger partial charge in [0.05, 0.1) is 17.4 Å². The number of carbonyl (C=O) groups is 1. The van der Waals surface area contributed by atoms with E-state index in [-0.39, 0.29) is 12.1 Å². The Labute approximate surface area is 171 Å². The Hall–Kier alpha value is -3.05. The predicted octanol–water partition coefficient (Wildman–Crippen LogP) is 4.27. The van der Waals surface area contributed by atoms with Crippen LogP contribution in [-0.2, 0) is 0 Å². The van der Waals surface area contributed by atoms with Gasteiger partial charge in [-0.2, -0.15) is 0 Å². The van der Waals surface area contributed by atoms with E-state index in [2.05, 4.69) is 35.0 Å². The van der Waals surface area contributed by atoms with Gasteiger partial charge in [-0.3, -0.25) is 4.79 Å². The van der Waals surface area contributed by atoms with Crippen LogP contribution < -0.4 is 11.1 Å². The van der Waals surface area contributed by atoms with Crippen molar-refractivity contribution in [3.8, 4) is 16.9 Å². The van der Waals surface area contributed by atoms with Gasteiger partial charge in [-0.05, 0) is 68.5 Å². The maximum atomic E-state index is 12.0. The van der Waals surface area contributed by atoms with Gasteiger partial charge in [0.1, 0.15) is 0 Å². The van der Waals surface area contributed by atoms with Crippen LogP contribution in [0.25, 0.3) is 16.9 Å². The largest absolute Gasteiger partial charge is 0.393 e. The Morgan fingerprint density at radius 3 is 2.55 bits per heavy atom. The minimum atomic E-state index is -0.443. The van der Waals surface area contributed by atoms with E-state index in [0.717, 1.165) is 42.8 Å². The number of carbonyl (C=O) groups excluding carboxylic acids is 1. The summed E-state index contributed by atoms with van der Waals surface area (Å²) in [6.07, 6.45) is 5.12. The summed E-state index contributed by atoms with van der Waals surface area (Å²) in [5, 5.41) is 13.3. The van der Waals surface area contributed by atoms with Crippen LogP contribution in [-0.4, -0.2) is 27.7 Å². The van der Waals surface area contributed by atoms with Crippen molar-refractivity contribution in [2.24, 2.45) is 5.73 Å². The summed E-state index contributed by atoms with van der Waals surface area (Å²) in [5.74, 6) is -0.443. The summed E-state index contributed by atoms with van der Waals surface area (Å²) in [4.78, 5) is 12.0. The predicted molar refractivity (Wildman–Crippen MR) is 116 cm³/mol. The monoisotopic (exact) mass is 389 g/mol. The molecule has 1 saturated carbocycles. The zero-order chi connectivity index (χ0) is 20.4. The normalized spacial score (nSPS) is 19.1. The third-order valence-corrected chi connectivity index (χ3v) is 5.77. The average Bonchev–Trinajstić information content (AvgIpc) is 3.19. The van der Waals surface area contributed by atoms with E-state index in [1.54, 1.807) is 6.07 Å². The van der Waals surface area contributed by atoms with E-state index in [1.165, 1.54) is 11.1 Å². The highest BCUT2D eigenvalue weighted by Crippen LogP contribution is 2.30.